The van der Waals surface area contributed by atoms with E-state index in [9.17, 15) is 14.9 Å². The van der Waals surface area contributed by atoms with Gasteiger partial charge in [-0.25, -0.2) is 0 Å². The van der Waals surface area contributed by atoms with Gasteiger partial charge in [-0.2, -0.15) is 0 Å². The minimum Gasteiger partial charge on any atom is -0.411 e. The van der Waals surface area contributed by atoms with Crippen LogP contribution in [0.3, 0.4) is 0 Å². The molecule has 0 spiro atoms. The molecule has 3 aromatic rings. The van der Waals surface area contributed by atoms with E-state index in [1.165, 1.54) is 12.1 Å². The molecule has 0 unspecified atom stereocenters. The van der Waals surface area contributed by atoms with Crippen molar-refractivity contribution < 1.29 is 14.1 Å². The lowest BCUT2D eigenvalue weighted by Gasteiger charge is -1.98. The highest BCUT2D eigenvalue weighted by Crippen LogP contribution is 2.26. The van der Waals surface area contributed by atoms with Gasteiger partial charge in [-0.1, -0.05) is 48.2 Å². The van der Waals surface area contributed by atoms with Gasteiger partial charge in [-0.15, -0.1) is 10.2 Å². The van der Waals surface area contributed by atoms with Gasteiger partial charge in [0.1, 0.15) is 0 Å². The molecule has 0 fully saturated rings. The second kappa shape index (κ2) is 7.05. The molecule has 8 heteroatoms. The summed E-state index contributed by atoms with van der Waals surface area (Å²) >= 11 is 1.13. The number of Topliss-reactive ketones (excluding diaryl/α,β-unsaturated/α-hetero) is 1. The Hall–Kier alpha value is -3.00. The number of nitro benzene ring substituents is 1. The number of carbonyl (C=O) groups excluding carboxylic acids is 1. The molecule has 0 aliphatic rings. The summed E-state index contributed by atoms with van der Waals surface area (Å²) in [5, 5.41) is 18.8. The van der Waals surface area contributed by atoms with Gasteiger partial charge in [0.05, 0.1) is 10.7 Å². The molecule has 0 atom stereocenters. The van der Waals surface area contributed by atoms with E-state index in [1.807, 2.05) is 6.07 Å². The fourth-order valence-electron chi connectivity index (χ4n) is 1.97. The van der Waals surface area contributed by atoms with Gasteiger partial charge in [-0.3, -0.25) is 14.9 Å². The van der Waals surface area contributed by atoms with E-state index in [0.717, 1.165) is 11.8 Å². The van der Waals surface area contributed by atoms with Crippen LogP contribution in [0.15, 0.2) is 64.2 Å². The van der Waals surface area contributed by atoms with Gasteiger partial charge in [0, 0.05) is 23.3 Å². The van der Waals surface area contributed by atoms with Crippen molar-refractivity contribution in [1.29, 1.82) is 0 Å². The first kappa shape index (κ1) is 15.9. The van der Waals surface area contributed by atoms with E-state index in [2.05, 4.69) is 10.2 Å². The minimum atomic E-state index is -0.492. The summed E-state index contributed by atoms with van der Waals surface area (Å²) < 4.78 is 5.46. The summed E-state index contributed by atoms with van der Waals surface area (Å²) in [6, 6.07) is 14.8. The van der Waals surface area contributed by atoms with E-state index in [-0.39, 0.29) is 28.3 Å². The van der Waals surface area contributed by atoms with E-state index < -0.39 is 4.92 Å². The molecule has 0 bridgehead atoms. The summed E-state index contributed by atoms with van der Waals surface area (Å²) in [6.45, 7) is 0. The first-order chi connectivity index (χ1) is 11.6. The maximum Gasteiger partial charge on any atom is 0.277 e. The van der Waals surface area contributed by atoms with Crippen LogP contribution in [0.5, 0.6) is 0 Å². The Labute approximate surface area is 140 Å². The number of benzene rings is 2. The number of nitrogens with zero attached hydrogens (tertiary/aromatic N) is 3. The average molecular weight is 341 g/mol. The Morgan fingerprint density at radius 1 is 1.12 bits per heavy atom. The normalized spacial score (nSPS) is 10.5. The topological polar surface area (TPSA) is 99.1 Å². The zero-order valence-electron chi connectivity index (χ0n) is 12.3. The first-order valence-electron chi connectivity index (χ1n) is 6.93. The molecule has 0 radical (unpaired) electrons. The molecule has 120 valence electrons. The molecule has 0 aliphatic carbocycles. The van der Waals surface area contributed by atoms with Crippen LogP contribution in [-0.2, 0) is 0 Å². The smallest absolute Gasteiger partial charge is 0.277 e. The molecule has 24 heavy (non-hydrogen) atoms. The summed E-state index contributed by atoms with van der Waals surface area (Å²) in [7, 11) is 0. The molecule has 0 saturated carbocycles. The fourth-order valence-corrected chi connectivity index (χ4v) is 2.63. The number of hydrogen-bond donors (Lipinski definition) is 0. The summed E-state index contributed by atoms with van der Waals surface area (Å²) in [5.41, 5.74) is 1.01. The van der Waals surface area contributed by atoms with Gasteiger partial charge >= 0.3 is 0 Å². The Morgan fingerprint density at radius 3 is 2.67 bits per heavy atom. The number of aromatic nitrogens is 2. The SMILES string of the molecule is O=C(CSc1nnc(-c2cccc([N+](=O)[O-])c2)o1)c1ccccc1. The molecule has 2 aromatic carbocycles. The van der Waals surface area contributed by atoms with Crippen LogP contribution < -0.4 is 0 Å². The van der Waals surface area contributed by atoms with Crippen molar-refractivity contribution in [2.24, 2.45) is 0 Å². The lowest BCUT2D eigenvalue weighted by molar-refractivity contribution is -0.384. The summed E-state index contributed by atoms with van der Waals surface area (Å²) in [4.78, 5) is 22.3. The van der Waals surface area contributed by atoms with Gasteiger partial charge in [0.25, 0.3) is 10.9 Å². The second-order valence-corrected chi connectivity index (χ2v) is 5.69. The quantitative estimate of drug-likeness (QED) is 0.292. The maximum absolute atomic E-state index is 12.0. The fraction of sp³-hybridized carbons (Fsp3) is 0.0625. The Morgan fingerprint density at radius 2 is 1.92 bits per heavy atom. The predicted octanol–water partition coefficient (Wildman–Crippen LogP) is 3.62. The standard InChI is InChI=1S/C16H11N3O4S/c20-14(11-5-2-1-3-6-11)10-24-16-18-17-15(23-16)12-7-4-8-13(9-12)19(21)22/h1-9H,10H2. The Balaban J connectivity index is 1.69. The van der Waals surface area contributed by atoms with E-state index >= 15 is 0 Å². The van der Waals surface area contributed by atoms with E-state index in [1.54, 1.807) is 36.4 Å². The van der Waals surface area contributed by atoms with Crippen LogP contribution in [0.25, 0.3) is 11.5 Å². The highest BCUT2D eigenvalue weighted by atomic mass is 32.2. The van der Waals surface area contributed by atoms with Gasteiger partial charge in [0.15, 0.2) is 5.78 Å². The molecule has 0 N–H and O–H groups in total. The molecular weight excluding hydrogens is 330 g/mol. The van der Waals surface area contributed by atoms with Crippen molar-refractivity contribution in [2.75, 3.05) is 5.75 Å². The van der Waals surface area contributed by atoms with Crippen LogP contribution in [0.2, 0.25) is 0 Å². The molecule has 0 saturated heterocycles. The Bertz CT molecular complexity index is 880. The zero-order valence-corrected chi connectivity index (χ0v) is 13.1. The molecule has 1 heterocycles. The number of nitro groups is 1. The van der Waals surface area contributed by atoms with Gasteiger partial charge in [-0.05, 0) is 6.07 Å². The molecular formula is C16H11N3O4S. The van der Waals surface area contributed by atoms with Crippen molar-refractivity contribution in [3.8, 4) is 11.5 Å². The van der Waals surface area contributed by atoms with Crippen LogP contribution in [0, 0.1) is 10.1 Å². The third-order valence-electron chi connectivity index (χ3n) is 3.13. The highest BCUT2D eigenvalue weighted by Gasteiger charge is 2.14. The number of non-ortho nitro benzene ring substituents is 1. The van der Waals surface area contributed by atoms with Crippen LogP contribution in [0.1, 0.15) is 10.4 Å². The molecule has 1 aromatic heterocycles. The third-order valence-corrected chi connectivity index (χ3v) is 3.95. The average Bonchev–Trinajstić information content (AvgIpc) is 3.09. The second-order valence-electron chi connectivity index (χ2n) is 4.76. The van der Waals surface area contributed by atoms with Crippen LogP contribution in [-0.4, -0.2) is 26.7 Å². The third kappa shape index (κ3) is 3.66. The van der Waals surface area contributed by atoms with E-state index in [0.29, 0.717) is 11.1 Å². The monoisotopic (exact) mass is 341 g/mol. The largest absolute Gasteiger partial charge is 0.411 e. The first-order valence-corrected chi connectivity index (χ1v) is 7.91. The molecule has 0 aliphatic heterocycles. The lowest BCUT2D eigenvalue weighted by Crippen LogP contribution is -2.01. The number of thioether (sulfide) groups is 1. The number of hydrogen-bond acceptors (Lipinski definition) is 7. The molecule has 3 rings (SSSR count). The number of ketones is 1. The van der Waals surface area contributed by atoms with Crippen LogP contribution in [0.4, 0.5) is 5.69 Å². The lowest BCUT2D eigenvalue weighted by atomic mass is 10.2. The van der Waals surface area contributed by atoms with Crippen LogP contribution >= 0.6 is 11.8 Å². The number of carbonyl (C=O) groups is 1. The van der Waals surface area contributed by atoms with Crippen molar-refractivity contribution in [2.45, 2.75) is 5.22 Å². The maximum atomic E-state index is 12.0. The van der Waals surface area contributed by atoms with Crippen molar-refractivity contribution in [1.82, 2.24) is 10.2 Å². The van der Waals surface area contributed by atoms with Crippen molar-refractivity contribution >= 4 is 23.2 Å². The molecule has 0 amide bonds. The van der Waals surface area contributed by atoms with Gasteiger partial charge in [0.2, 0.25) is 5.89 Å². The molecule has 7 nitrogen and oxygen atoms in total. The number of rotatable bonds is 6. The highest BCUT2D eigenvalue weighted by molar-refractivity contribution is 7.99. The van der Waals surface area contributed by atoms with Gasteiger partial charge < -0.3 is 4.42 Å². The predicted molar refractivity (Wildman–Crippen MR) is 87.9 cm³/mol. The summed E-state index contributed by atoms with van der Waals surface area (Å²) in [5.74, 6) is 0.296. The van der Waals surface area contributed by atoms with E-state index in [4.69, 9.17) is 4.42 Å². The zero-order chi connectivity index (χ0) is 16.9. The van der Waals surface area contributed by atoms with Crippen molar-refractivity contribution in [3.63, 3.8) is 0 Å². The Kier molecular flexibility index (Phi) is 4.66. The summed E-state index contributed by atoms with van der Waals surface area (Å²) in [6.07, 6.45) is 0. The van der Waals surface area contributed by atoms with Crippen molar-refractivity contribution in [3.05, 3.63) is 70.3 Å². The minimum absolute atomic E-state index is 0.0456.